The summed E-state index contributed by atoms with van der Waals surface area (Å²) >= 11 is 0. The third-order valence-corrected chi connectivity index (χ3v) is 3.98. The fourth-order valence-corrected chi connectivity index (χ4v) is 2.64. The molecule has 0 aromatic rings. The number of nitrogens with zero attached hydrogens (tertiary/aromatic N) is 1. The van der Waals surface area contributed by atoms with E-state index in [1.165, 1.54) is 24.2 Å². The predicted molar refractivity (Wildman–Crippen MR) is 81.3 cm³/mol. The smallest absolute Gasteiger partial charge is 0.246 e. The van der Waals surface area contributed by atoms with Crippen molar-refractivity contribution in [2.45, 2.75) is 72.3 Å². The van der Waals surface area contributed by atoms with E-state index in [-0.39, 0.29) is 23.3 Å². The average Bonchev–Trinajstić information content (AvgIpc) is 2.65. The lowest BCUT2D eigenvalue weighted by Crippen LogP contribution is -2.42. The number of hydrogen-bond donors (Lipinski definition) is 1. The molecule has 1 rings (SSSR count). The zero-order valence-corrected chi connectivity index (χ0v) is 13.5. The van der Waals surface area contributed by atoms with Crippen molar-refractivity contribution in [3.63, 3.8) is 0 Å². The fraction of sp³-hybridized carbons (Fsp3) is 0.875. The molecule has 0 saturated carbocycles. The van der Waals surface area contributed by atoms with Crippen molar-refractivity contribution in [3.8, 4) is 0 Å². The summed E-state index contributed by atoms with van der Waals surface area (Å²) in [6.45, 7) is 9.98. The lowest BCUT2D eigenvalue weighted by atomic mass is 9.86. The Morgan fingerprint density at radius 1 is 1.20 bits per heavy atom. The summed E-state index contributed by atoms with van der Waals surface area (Å²) in [5, 5.41) is 3.31. The number of carbonyl (C=O) groups excluding carboxylic acids is 2. The molecule has 1 atom stereocenters. The predicted octanol–water partition coefficient (Wildman–Crippen LogP) is 2.72. The summed E-state index contributed by atoms with van der Waals surface area (Å²) in [7, 11) is 0. The molecule has 116 valence electrons. The zero-order valence-electron chi connectivity index (χ0n) is 13.5. The van der Waals surface area contributed by atoms with Gasteiger partial charge in [0.05, 0.1) is 12.5 Å². The molecular formula is C16H30N2O2. The Labute approximate surface area is 123 Å². The minimum absolute atomic E-state index is 0.0295. The molecular weight excluding hydrogens is 252 g/mol. The third kappa shape index (κ3) is 4.89. The number of hydrogen-bond acceptors (Lipinski definition) is 3. The van der Waals surface area contributed by atoms with Crippen molar-refractivity contribution in [1.82, 2.24) is 10.2 Å². The highest BCUT2D eigenvalue weighted by molar-refractivity contribution is 6.05. The molecule has 1 saturated heterocycles. The number of amides is 2. The second-order valence-electron chi connectivity index (χ2n) is 6.64. The molecule has 0 bridgehead atoms. The van der Waals surface area contributed by atoms with Gasteiger partial charge in [-0.2, -0.15) is 0 Å². The van der Waals surface area contributed by atoms with E-state index < -0.39 is 0 Å². The maximum atomic E-state index is 12.1. The van der Waals surface area contributed by atoms with Gasteiger partial charge < -0.3 is 5.32 Å². The van der Waals surface area contributed by atoms with Crippen LogP contribution in [0.5, 0.6) is 0 Å². The van der Waals surface area contributed by atoms with Gasteiger partial charge in [0.15, 0.2) is 0 Å². The van der Waals surface area contributed by atoms with Gasteiger partial charge in [0, 0.05) is 13.1 Å². The Kier molecular flexibility index (Phi) is 6.66. The third-order valence-electron chi connectivity index (χ3n) is 3.98. The van der Waals surface area contributed by atoms with Gasteiger partial charge in [-0.25, -0.2) is 0 Å². The van der Waals surface area contributed by atoms with E-state index in [4.69, 9.17) is 0 Å². The van der Waals surface area contributed by atoms with Crippen molar-refractivity contribution in [2.24, 2.45) is 5.41 Å². The molecule has 1 fully saturated rings. The van der Waals surface area contributed by atoms with Crippen LogP contribution in [-0.4, -0.2) is 35.8 Å². The first-order valence-electron chi connectivity index (χ1n) is 7.99. The molecule has 1 aliphatic rings. The molecule has 4 nitrogen and oxygen atoms in total. The summed E-state index contributed by atoms with van der Waals surface area (Å²) < 4.78 is 0. The first-order valence-corrected chi connectivity index (χ1v) is 7.99. The van der Waals surface area contributed by atoms with Crippen molar-refractivity contribution in [2.75, 3.05) is 13.1 Å². The molecule has 4 heteroatoms. The summed E-state index contributed by atoms with van der Waals surface area (Å²) in [5.41, 5.74) is 0.177. The monoisotopic (exact) mass is 282 g/mol. The number of likely N-dealkylation sites (tertiary alicyclic amines) is 1. The Morgan fingerprint density at radius 3 is 2.50 bits per heavy atom. The molecule has 0 aromatic carbocycles. The number of unbranched alkanes of at least 4 members (excludes halogenated alkanes) is 2. The van der Waals surface area contributed by atoms with Gasteiger partial charge >= 0.3 is 0 Å². The number of nitrogens with one attached hydrogen (secondary N) is 1. The Bertz CT molecular complexity index is 339. The van der Waals surface area contributed by atoms with Crippen LogP contribution < -0.4 is 5.32 Å². The highest BCUT2D eigenvalue weighted by Gasteiger charge is 2.38. The molecule has 0 spiro atoms. The van der Waals surface area contributed by atoms with Gasteiger partial charge in [-0.05, 0) is 18.3 Å². The van der Waals surface area contributed by atoms with Gasteiger partial charge in [0.25, 0.3) is 0 Å². The summed E-state index contributed by atoms with van der Waals surface area (Å²) in [4.78, 5) is 25.3. The standard InChI is InChI=1S/C16H30N2O2/c1-5-7-8-9-16(3,4)12-17-13-11-14(19)18(10-6-2)15(13)20/h13,17H,5-12H2,1-4H3. The van der Waals surface area contributed by atoms with E-state index in [9.17, 15) is 9.59 Å². The van der Waals surface area contributed by atoms with E-state index in [1.807, 2.05) is 6.92 Å². The van der Waals surface area contributed by atoms with Crippen LogP contribution in [0.15, 0.2) is 0 Å². The maximum absolute atomic E-state index is 12.1. The minimum Gasteiger partial charge on any atom is -0.305 e. The maximum Gasteiger partial charge on any atom is 0.246 e. The van der Waals surface area contributed by atoms with E-state index in [2.05, 4.69) is 26.1 Å². The average molecular weight is 282 g/mol. The second-order valence-corrected chi connectivity index (χ2v) is 6.64. The van der Waals surface area contributed by atoms with Crippen LogP contribution in [0.2, 0.25) is 0 Å². The highest BCUT2D eigenvalue weighted by Crippen LogP contribution is 2.24. The summed E-state index contributed by atoms with van der Waals surface area (Å²) in [6.07, 6.45) is 6.02. The normalized spacial score (nSPS) is 20.0. The second kappa shape index (κ2) is 7.77. The lowest BCUT2D eigenvalue weighted by molar-refractivity contribution is -0.138. The highest BCUT2D eigenvalue weighted by atomic mass is 16.2. The summed E-state index contributed by atoms with van der Waals surface area (Å²) in [5.74, 6) is -0.0700. The van der Waals surface area contributed by atoms with Crippen LogP contribution in [0, 0.1) is 5.41 Å². The molecule has 0 aromatic heterocycles. The molecule has 1 aliphatic heterocycles. The molecule has 0 aliphatic carbocycles. The van der Waals surface area contributed by atoms with Gasteiger partial charge in [-0.1, -0.05) is 47.0 Å². The zero-order chi connectivity index (χ0) is 15.2. The van der Waals surface area contributed by atoms with E-state index in [0.29, 0.717) is 13.0 Å². The van der Waals surface area contributed by atoms with Crippen molar-refractivity contribution >= 4 is 11.8 Å². The summed E-state index contributed by atoms with van der Waals surface area (Å²) in [6, 6.07) is -0.306. The van der Waals surface area contributed by atoms with Crippen molar-refractivity contribution < 1.29 is 9.59 Å². The molecule has 0 radical (unpaired) electrons. The fourth-order valence-electron chi connectivity index (χ4n) is 2.64. The van der Waals surface area contributed by atoms with E-state index in [0.717, 1.165) is 19.4 Å². The number of carbonyl (C=O) groups is 2. The van der Waals surface area contributed by atoms with Crippen LogP contribution in [0.1, 0.15) is 66.2 Å². The van der Waals surface area contributed by atoms with Crippen LogP contribution >= 0.6 is 0 Å². The van der Waals surface area contributed by atoms with Gasteiger partial charge in [-0.3, -0.25) is 14.5 Å². The molecule has 2 amide bonds. The van der Waals surface area contributed by atoms with Crippen LogP contribution in [-0.2, 0) is 9.59 Å². The van der Waals surface area contributed by atoms with E-state index in [1.54, 1.807) is 0 Å². The Morgan fingerprint density at radius 2 is 1.90 bits per heavy atom. The molecule has 1 N–H and O–H groups in total. The van der Waals surface area contributed by atoms with Gasteiger partial charge in [0.1, 0.15) is 0 Å². The largest absolute Gasteiger partial charge is 0.305 e. The van der Waals surface area contributed by atoms with Crippen LogP contribution in [0.3, 0.4) is 0 Å². The van der Waals surface area contributed by atoms with Gasteiger partial charge in [-0.15, -0.1) is 0 Å². The molecule has 1 heterocycles. The number of imide groups is 1. The van der Waals surface area contributed by atoms with Gasteiger partial charge in [0.2, 0.25) is 11.8 Å². The quantitative estimate of drug-likeness (QED) is 0.522. The van der Waals surface area contributed by atoms with Crippen LogP contribution in [0.25, 0.3) is 0 Å². The minimum atomic E-state index is -0.306. The van der Waals surface area contributed by atoms with E-state index >= 15 is 0 Å². The Hall–Kier alpha value is -0.900. The first kappa shape index (κ1) is 17.2. The number of rotatable bonds is 9. The SMILES string of the molecule is CCCCCC(C)(C)CNC1CC(=O)N(CCC)C1=O. The van der Waals surface area contributed by atoms with Crippen molar-refractivity contribution in [3.05, 3.63) is 0 Å². The first-order chi connectivity index (χ1) is 9.41. The molecule has 1 unspecified atom stereocenters. The molecule has 20 heavy (non-hydrogen) atoms. The van der Waals surface area contributed by atoms with Crippen LogP contribution in [0.4, 0.5) is 0 Å². The van der Waals surface area contributed by atoms with Crippen molar-refractivity contribution in [1.29, 1.82) is 0 Å². The Balaban J connectivity index is 2.41. The lowest BCUT2D eigenvalue weighted by Gasteiger charge is -2.26. The topological polar surface area (TPSA) is 49.4 Å².